The van der Waals surface area contributed by atoms with Gasteiger partial charge in [-0.3, -0.25) is 9.69 Å². The van der Waals surface area contributed by atoms with Gasteiger partial charge in [-0.2, -0.15) is 0 Å². The molecule has 2 N–H and O–H groups in total. The van der Waals surface area contributed by atoms with Gasteiger partial charge in [-0.25, -0.2) is 0 Å². The number of aliphatic hydroxyl groups is 1. The number of aliphatic hydroxyl groups excluding tert-OH is 1. The second kappa shape index (κ2) is 6.17. The number of nitrogens with zero attached hydrogens (tertiary/aromatic N) is 1. The molecule has 0 aliphatic heterocycles. The van der Waals surface area contributed by atoms with Crippen LogP contribution in [0.1, 0.15) is 19.8 Å². The van der Waals surface area contributed by atoms with Gasteiger partial charge < -0.3 is 10.4 Å². The fraction of sp³-hybridized carbons (Fsp3) is 0.533. The summed E-state index contributed by atoms with van der Waals surface area (Å²) in [7, 11) is 1.96. The van der Waals surface area contributed by atoms with Crippen molar-refractivity contribution in [3.63, 3.8) is 0 Å². The number of hydrogen-bond acceptors (Lipinski definition) is 3. The van der Waals surface area contributed by atoms with Crippen molar-refractivity contribution in [2.24, 2.45) is 5.92 Å². The largest absolute Gasteiger partial charge is 0.393 e. The van der Waals surface area contributed by atoms with Crippen LogP contribution in [-0.4, -0.2) is 41.7 Å². The summed E-state index contributed by atoms with van der Waals surface area (Å²) in [6, 6.07) is 9.32. The summed E-state index contributed by atoms with van der Waals surface area (Å²) in [4.78, 5) is 14.2. The molecule has 0 aromatic heterocycles. The first kappa shape index (κ1) is 14.0. The topological polar surface area (TPSA) is 52.6 Å². The van der Waals surface area contributed by atoms with Crippen LogP contribution in [0.3, 0.4) is 0 Å². The van der Waals surface area contributed by atoms with Gasteiger partial charge in [-0.15, -0.1) is 0 Å². The minimum Gasteiger partial charge on any atom is -0.393 e. The quantitative estimate of drug-likeness (QED) is 0.849. The maximum absolute atomic E-state index is 12.1. The van der Waals surface area contributed by atoms with Crippen LogP contribution < -0.4 is 5.32 Å². The highest BCUT2D eigenvalue weighted by Crippen LogP contribution is 2.28. The summed E-state index contributed by atoms with van der Waals surface area (Å²) in [6.07, 6.45) is 1.58. The van der Waals surface area contributed by atoms with E-state index in [0.29, 0.717) is 5.92 Å². The molecule has 104 valence electrons. The smallest absolute Gasteiger partial charge is 0.241 e. The van der Waals surface area contributed by atoms with Crippen LogP contribution in [0.5, 0.6) is 0 Å². The summed E-state index contributed by atoms with van der Waals surface area (Å²) in [6.45, 7) is 2.77. The third kappa shape index (κ3) is 3.78. The molecule has 4 nitrogen and oxygen atoms in total. The van der Waals surface area contributed by atoms with E-state index in [1.807, 2.05) is 44.3 Å². The number of anilines is 1. The molecule has 0 bridgehead atoms. The highest BCUT2D eigenvalue weighted by atomic mass is 16.3. The van der Waals surface area contributed by atoms with Crippen LogP contribution >= 0.6 is 0 Å². The Morgan fingerprint density at radius 2 is 2.05 bits per heavy atom. The van der Waals surface area contributed by atoms with Crippen LogP contribution in [0.15, 0.2) is 30.3 Å². The molecular formula is C15H22N2O2. The molecule has 0 saturated heterocycles. The lowest BCUT2D eigenvalue weighted by Crippen LogP contribution is -2.45. The fourth-order valence-corrected chi connectivity index (χ4v) is 2.38. The van der Waals surface area contributed by atoms with Gasteiger partial charge in [-0.1, -0.05) is 18.2 Å². The monoisotopic (exact) mass is 262 g/mol. The molecule has 0 spiro atoms. The third-order valence-corrected chi connectivity index (χ3v) is 3.84. The number of carbonyl (C=O) groups excluding carboxylic acids is 1. The Balaban J connectivity index is 1.81. The van der Waals surface area contributed by atoms with E-state index >= 15 is 0 Å². The number of hydrogen-bond donors (Lipinski definition) is 2. The summed E-state index contributed by atoms with van der Waals surface area (Å²) in [5, 5.41) is 12.2. The minimum atomic E-state index is -0.169. The predicted octanol–water partition coefficient (Wildman–Crippen LogP) is 1.72. The molecule has 1 atom stereocenters. The summed E-state index contributed by atoms with van der Waals surface area (Å²) in [5.74, 6) is 0.528. The van der Waals surface area contributed by atoms with Crippen molar-refractivity contribution in [1.29, 1.82) is 0 Å². The lowest BCUT2D eigenvalue weighted by Gasteiger charge is -2.36. The van der Waals surface area contributed by atoms with Gasteiger partial charge in [0.15, 0.2) is 0 Å². The average molecular weight is 262 g/mol. The number of amides is 1. The molecular weight excluding hydrogens is 240 g/mol. The Hall–Kier alpha value is -1.39. The standard InChI is InChI=1S/C15H22N2O2/c1-11(17(2)10-12-8-14(18)9-12)15(19)16-13-6-4-3-5-7-13/h3-7,11-12,14,18H,8-10H2,1-2H3,(H,16,19). The fourth-order valence-electron chi connectivity index (χ4n) is 2.38. The molecule has 1 aromatic carbocycles. The number of benzene rings is 1. The molecule has 19 heavy (non-hydrogen) atoms. The molecule has 1 fully saturated rings. The van der Waals surface area contributed by atoms with Crippen LogP contribution in [0.25, 0.3) is 0 Å². The van der Waals surface area contributed by atoms with E-state index in [1.165, 1.54) is 0 Å². The normalized spacial score (nSPS) is 23.8. The maximum atomic E-state index is 12.1. The molecule has 4 heteroatoms. The van der Waals surface area contributed by atoms with E-state index in [2.05, 4.69) is 10.2 Å². The van der Waals surface area contributed by atoms with E-state index in [-0.39, 0.29) is 18.1 Å². The Morgan fingerprint density at radius 1 is 1.42 bits per heavy atom. The Kier molecular flexibility index (Phi) is 4.56. The third-order valence-electron chi connectivity index (χ3n) is 3.84. The first-order valence-corrected chi connectivity index (χ1v) is 6.80. The molecule has 0 radical (unpaired) electrons. The molecule has 1 saturated carbocycles. The van der Waals surface area contributed by atoms with Crippen molar-refractivity contribution < 1.29 is 9.90 Å². The van der Waals surface area contributed by atoms with Gasteiger partial charge in [0, 0.05) is 12.2 Å². The van der Waals surface area contributed by atoms with Crippen molar-refractivity contribution >= 4 is 11.6 Å². The van der Waals surface area contributed by atoms with Gasteiger partial charge in [0.1, 0.15) is 0 Å². The maximum Gasteiger partial charge on any atom is 0.241 e. The number of rotatable bonds is 5. The van der Waals surface area contributed by atoms with E-state index in [0.717, 1.165) is 25.1 Å². The first-order chi connectivity index (χ1) is 9.06. The number of nitrogens with one attached hydrogen (secondary N) is 1. The van der Waals surface area contributed by atoms with Gasteiger partial charge >= 0.3 is 0 Å². The number of para-hydroxylation sites is 1. The zero-order chi connectivity index (χ0) is 13.8. The van der Waals surface area contributed by atoms with Gasteiger partial charge in [0.25, 0.3) is 0 Å². The molecule has 2 rings (SSSR count). The molecule has 1 aliphatic carbocycles. The molecule has 1 aromatic rings. The molecule has 0 heterocycles. The highest BCUT2D eigenvalue weighted by Gasteiger charge is 2.30. The van der Waals surface area contributed by atoms with E-state index < -0.39 is 0 Å². The van der Waals surface area contributed by atoms with Crippen molar-refractivity contribution in [3.05, 3.63) is 30.3 Å². The second-order valence-electron chi connectivity index (χ2n) is 5.46. The van der Waals surface area contributed by atoms with Crippen LogP contribution in [-0.2, 0) is 4.79 Å². The van der Waals surface area contributed by atoms with Gasteiger partial charge in [0.05, 0.1) is 12.1 Å². The SMILES string of the molecule is CC(C(=O)Nc1ccccc1)N(C)CC1CC(O)C1. The van der Waals surface area contributed by atoms with Crippen LogP contribution in [0.4, 0.5) is 5.69 Å². The van der Waals surface area contributed by atoms with Gasteiger partial charge in [-0.05, 0) is 44.9 Å². The zero-order valence-corrected chi connectivity index (χ0v) is 11.5. The predicted molar refractivity (Wildman–Crippen MR) is 75.9 cm³/mol. The van der Waals surface area contributed by atoms with Crippen molar-refractivity contribution in [3.8, 4) is 0 Å². The second-order valence-corrected chi connectivity index (χ2v) is 5.46. The Labute approximate surface area is 114 Å². The lowest BCUT2D eigenvalue weighted by atomic mass is 9.82. The molecule has 1 aliphatic rings. The zero-order valence-electron chi connectivity index (χ0n) is 11.5. The summed E-state index contributed by atoms with van der Waals surface area (Å²) >= 11 is 0. The first-order valence-electron chi connectivity index (χ1n) is 6.80. The highest BCUT2D eigenvalue weighted by molar-refractivity contribution is 5.94. The van der Waals surface area contributed by atoms with Crippen molar-refractivity contribution in [2.45, 2.75) is 31.9 Å². The molecule has 1 unspecified atom stereocenters. The van der Waals surface area contributed by atoms with Crippen molar-refractivity contribution in [2.75, 3.05) is 18.9 Å². The number of likely N-dealkylation sites (N-methyl/N-ethyl adjacent to an activating group) is 1. The Bertz CT molecular complexity index is 415. The van der Waals surface area contributed by atoms with Crippen LogP contribution in [0.2, 0.25) is 0 Å². The Morgan fingerprint density at radius 3 is 2.63 bits per heavy atom. The summed E-state index contributed by atoms with van der Waals surface area (Å²) < 4.78 is 0. The lowest BCUT2D eigenvalue weighted by molar-refractivity contribution is -0.120. The van der Waals surface area contributed by atoms with E-state index in [9.17, 15) is 9.90 Å². The minimum absolute atomic E-state index is 0.00794. The van der Waals surface area contributed by atoms with Crippen molar-refractivity contribution in [1.82, 2.24) is 4.90 Å². The van der Waals surface area contributed by atoms with E-state index in [1.54, 1.807) is 0 Å². The average Bonchev–Trinajstić information content (AvgIpc) is 2.37. The van der Waals surface area contributed by atoms with Crippen LogP contribution in [0, 0.1) is 5.92 Å². The van der Waals surface area contributed by atoms with Gasteiger partial charge in [0.2, 0.25) is 5.91 Å². The number of carbonyl (C=O) groups is 1. The summed E-state index contributed by atoms with van der Waals surface area (Å²) in [5.41, 5.74) is 0.826. The van der Waals surface area contributed by atoms with E-state index in [4.69, 9.17) is 0 Å². The molecule has 1 amide bonds.